The van der Waals surface area contributed by atoms with Gasteiger partial charge in [-0.1, -0.05) is 326 Å². The zero-order valence-corrected chi connectivity index (χ0v) is 45.7. The van der Waals surface area contributed by atoms with Gasteiger partial charge in [0.05, 0.1) is 18.8 Å². The zero-order valence-electron chi connectivity index (χ0n) is 45.7. The minimum Gasteiger partial charge on any atom is -0.394 e. The Balaban J connectivity index is 3.41. The summed E-state index contributed by atoms with van der Waals surface area (Å²) in [7, 11) is 0. The number of unbranched alkanes of at least 4 members (excludes halogenated alkanes) is 46. The zero-order chi connectivity index (χ0) is 48.5. The van der Waals surface area contributed by atoms with Gasteiger partial charge in [0.1, 0.15) is 0 Å². The number of hydrogen-bond donors (Lipinski definition) is 3. The van der Waals surface area contributed by atoms with E-state index in [0.717, 1.165) is 38.5 Å². The van der Waals surface area contributed by atoms with E-state index in [-0.39, 0.29) is 12.5 Å². The summed E-state index contributed by atoms with van der Waals surface area (Å²) in [4.78, 5) is 12.5. The molecule has 0 rings (SSSR count). The van der Waals surface area contributed by atoms with Crippen LogP contribution in [0.25, 0.3) is 0 Å². The molecule has 0 aliphatic carbocycles. The summed E-state index contributed by atoms with van der Waals surface area (Å²) < 4.78 is 0. The van der Waals surface area contributed by atoms with Crippen molar-refractivity contribution in [1.82, 2.24) is 5.32 Å². The number of nitrogens with one attached hydrogen (secondary N) is 1. The van der Waals surface area contributed by atoms with Gasteiger partial charge in [-0.15, -0.1) is 0 Å². The topological polar surface area (TPSA) is 69.6 Å². The molecule has 0 aromatic heterocycles. The molecular weight excluding hydrogens is 819 g/mol. The molecule has 0 heterocycles. The highest BCUT2D eigenvalue weighted by Gasteiger charge is 2.18. The second-order valence-electron chi connectivity index (χ2n) is 21.1. The van der Waals surface area contributed by atoms with E-state index in [1.54, 1.807) is 6.08 Å². The van der Waals surface area contributed by atoms with E-state index in [2.05, 4.69) is 43.5 Å². The van der Waals surface area contributed by atoms with Crippen LogP contribution in [0.15, 0.2) is 36.5 Å². The first-order chi connectivity index (χ1) is 33.2. The van der Waals surface area contributed by atoms with Crippen LogP contribution in [0, 0.1) is 0 Å². The third kappa shape index (κ3) is 55.4. The lowest BCUT2D eigenvalue weighted by molar-refractivity contribution is -0.123. The summed E-state index contributed by atoms with van der Waals surface area (Å²) >= 11 is 0. The first-order valence-electron chi connectivity index (χ1n) is 30.7. The molecule has 0 aromatic rings. The van der Waals surface area contributed by atoms with Crippen LogP contribution in [0.2, 0.25) is 0 Å². The molecule has 1 amide bonds. The largest absolute Gasteiger partial charge is 0.394 e. The lowest BCUT2D eigenvalue weighted by Gasteiger charge is -2.19. The van der Waals surface area contributed by atoms with E-state index in [1.807, 2.05) is 6.08 Å². The van der Waals surface area contributed by atoms with E-state index in [9.17, 15) is 15.0 Å². The maximum atomic E-state index is 12.5. The van der Waals surface area contributed by atoms with Gasteiger partial charge in [-0.3, -0.25) is 4.79 Å². The third-order valence-corrected chi connectivity index (χ3v) is 14.4. The Morgan fingerprint density at radius 3 is 0.866 bits per heavy atom. The average Bonchev–Trinajstić information content (AvgIpc) is 3.33. The number of aliphatic hydroxyl groups is 2. The molecule has 0 fully saturated rings. The van der Waals surface area contributed by atoms with Crippen molar-refractivity contribution in [2.24, 2.45) is 0 Å². The van der Waals surface area contributed by atoms with Gasteiger partial charge >= 0.3 is 0 Å². The number of carbonyl (C=O) groups is 1. The molecule has 0 aromatic carbocycles. The Kier molecular flexibility index (Phi) is 57.7. The van der Waals surface area contributed by atoms with Crippen LogP contribution in [0.3, 0.4) is 0 Å². The Morgan fingerprint density at radius 1 is 0.343 bits per heavy atom. The fourth-order valence-electron chi connectivity index (χ4n) is 9.69. The van der Waals surface area contributed by atoms with E-state index in [1.165, 1.54) is 283 Å². The summed E-state index contributed by atoms with van der Waals surface area (Å²) in [6, 6.07) is -0.644. The number of carbonyl (C=O) groups excluding carboxylic acids is 1. The summed E-state index contributed by atoms with van der Waals surface area (Å²) in [5, 5.41) is 23.1. The van der Waals surface area contributed by atoms with Gasteiger partial charge in [-0.05, 0) is 44.9 Å². The van der Waals surface area contributed by atoms with Gasteiger partial charge < -0.3 is 15.5 Å². The highest BCUT2D eigenvalue weighted by Crippen LogP contribution is 2.18. The van der Waals surface area contributed by atoms with Gasteiger partial charge in [0.2, 0.25) is 5.91 Å². The van der Waals surface area contributed by atoms with E-state index >= 15 is 0 Å². The molecule has 3 N–H and O–H groups in total. The van der Waals surface area contributed by atoms with Gasteiger partial charge in [0.15, 0.2) is 0 Å². The molecular formula is C63H121NO3. The highest BCUT2D eigenvalue weighted by atomic mass is 16.3. The smallest absolute Gasteiger partial charge is 0.220 e. The number of rotatable bonds is 57. The number of allylic oxidation sites excluding steroid dienone is 5. The van der Waals surface area contributed by atoms with Crippen LogP contribution in [0.5, 0.6) is 0 Å². The van der Waals surface area contributed by atoms with Crippen molar-refractivity contribution >= 4 is 5.91 Å². The number of amides is 1. The molecule has 0 bridgehead atoms. The monoisotopic (exact) mass is 940 g/mol. The van der Waals surface area contributed by atoms with E-state index < -0.39 is 12.1 Å². The first-order valence-corrected chi connectivity index (χ1v) is 30.7. The van der Waals surface area contributed by atoms with E-state index in [4.69, 9.17) is 0 Å². The fraction of sp³-hybridized carbons (Fsp3) is 0.889. The Morgan fingerprint density at radius 2 is 0.582 bits per heavy atom. The van der Waals surface area contributed by atoms with Crippen molar-refractivity contribution in [1.29, 1.82) is 0 Å². The molecule has 4 heteroatoms. The van der Waals surface area contributed by atoms with Gasteiger partial charge in [-0.25, -0.2) is 0 Å². The van der Waals surface area contributed by atoms with Crippen molar-refractivity contribution in [2.45, 2.75) is 353 Å². The lowest BCUT2D eigenvalue weighted by Crippen LogP contribution is -2.45. The Labute approximate surface area is 421 Å². The molecule has 0 saturated heterocycles. The minimum absolute atomic E-state index is 0.0717. The molecule has 0 radical (unpaired) electrons. The van der Waals surface area contributed by atoms with Crippen LogP contribution < -0.4 is 5.32 Å². The minimum atomic E-state index is -0.869. The molecule has 0 aliphatic rings. The highest BCUT2D eigenvalue weighted by molar-refractivity contribution is 5.76. The molecule has 2 atom stereocenters. The molecule has 396 valence electrons. The van der Waals surface area contributed by atoms with Gasteiger partial charge in [0, 0.05) is 6.42 Å². The maximum Gasteiger partial charge on any atom is 0.220 e. The maximum absolute atomic E-state index is 12.5. The molecule has 67 heavy (non-hydrogen) atoms. The second-order valence-corrected chi connectivity index (χ2v) is 21.1. The van der Waals surface area contributed by atoms with Crippen LogP contribution >= 0.6 is 0 Å². The first kappa shape index (κ1) is 65.6. The van der Waals surface area contributed by atoms with E-state index in [0.29, 0.717) is 6.42 Å². The Bertz CT molecular complexity index is 1020. The number of aliphatic hydroxyl groups excluding tert-OH is 2. The van der Waals surface area contributed by atoms with Crippen LogP contribution in [0.4, 0.5) is 0 Å². The summed E-state index contributed by atoms with van der Waals surface area (Å²) in [5.74, 6) is -0.0717. The standard InChI is InChI=1S/C63H121NO3/c1-3-5-7-9-11-13-15-17-19-21-23-24-25-26-27-28-29-30-31-32-33-34-35-36-37-38-39-40-41-43-45-47-49-51-53-55-57-59-63(67)64-61(60-65)62(66)58-56-54-52-50-48-46-44-42-22-20-18-16-14-12-10-8-6-4-2/h22,42,48,50,56,58,61-62,65-66H,3-21,23-41,43-47,49,51-55,57,59-60H2,1-2H3,(H,64,67)/b42-22+,50-48+,58-56+. The average molecular weight is 941 g/mol. The summed E-state index contributed by atoms with van der Waals surface area (Å²) in [6.45, 7) is 4.32. The molecule has 0 aliphatic heterocycles. The predicted molar refractivity (Wildman–Crippen MR) is 299 cm³/mol. The fourth-order valence-corrected chi connectivity index (χ4v) is 9.69. The van der Waals surface area contributed by atoms with Gasteiger partial charge in [-0.2, -0.15) is 0 Å². The summed E-state index contributed by atoms with van der Waals surface area (Å²) in [5.41, 5.74) is 0. The van der Waals surface area contributed by atoms with Crippen molar-refractivity contribution in [3.05, 3.63) is 36.5 Å². The number of hydrogen-bond acceptors (Lipinski definition) is 3. The van der Waals surface area contributed by atoms with Crippen LogP contribution in [-0.4, -0.2) is 34.9 Å². The second kappa shape index (κ2) is 58.9. The van der Waals surface area contributed by atoms with Crippen LogP contribution in [0.1, 0.15) is 341 Å². The van der Waals surface area contributed by atoms with Crippen molar-refractivity contribution in [3.63, 3.8) is 0 Å². The molecule has 4 nitrogen and oxygen atoms in total. The molecule has 0 spiro atoms. The van der Waals surface area contributed by atoms with Crippen molar-refractivity contribution < 1.29 is 15.0 Å². The predicted octanol–water partition coefficient (Wildman–Crippen LogP) is 20.4. The van der Waals surface area contributed by atoms with Crippen LogP contribution in [-0.2, 0) is 4.79 Å². The Hall–Kier alpha value is -1.39. The SMILES string of the molecule is CCCCCCCCCC/C=C/CC/C=C/CC/C=C/C(O)C(CO)NC(=O)CCCCCCCCCCCCCCCCCCCCCCCCCCCCCCCCCCCCCCC. The molecule has 0 saturated carbocycles. The third-order valence-electron chi connectivity index (χ3n) is 14.4. The molecule has 2 unspecified atom stereocenters. The van der Waals surface area contributed by atoms with Crippen molar-refractivity contribution in [3.8, 4) is 0 Å². The lowest BCUT2D eigenvalue weighted by atomic mass is 10.0. The normalized spacial score (nSPS) is 13.0. The summed E-state index contributed by atoms with van der Waals surface area (Å²) in [6.07, 6.45) is 80.6. The van der Waals surface area contributed by atoms with Crippen molar-refractivity contribution in [2.75, 3.05) is 6.61 Å². The quantitative estimate of drug-likeness (QED) is 0.0420. The van der Waals surface area contributed by atoms with Gasteiger partial charge in [0.25, 0.3) is 0 Å².